The van der Waals surface area contributed by atoms with Crippen LogP contribution in [0, 0.1) is 0 Å². The van der Waals surface area contributed by atoms with Crippen LogP contribution in [0.15, 0.2) is 61.2 Å². The SMILES string of the molecule is COC1CN(c2ccc3cncc(-c4ccc(-c5cnn(C)c5)cc4)c3n2)C1. The fourth-order valence-corrected chi connectivity index (χ4v) is 3.61. The van der Waals surface area contributed by atoms with E-state index >= 15 is 0 Å². The highest BCUT2D eigenvalue weighted by atomic mass is 16.5. The molecule has 5 rings (SSSR count). The van der Waals surface area contributed by atoms with Crippen LogP contribution in [-0.4, -0.2) is 46.1 Å². The molecule has 140 valence electrons. The Morgan fingerprint density at radius 3 is 2.43 bits per heavy atom. The first-order chi connectivity index (χ1) is 13.7. The minimum atomic E-state index is 0.300. The number of rotatable bonds is 4. The zero-order valence-corrected chi connectivity index (χ0v) is 15.9. The number of hydrogen-bond acceptors (Lipinski definition) is 5. The molecule has 1 aliphatic heterocycles. The summed E-state index contributed by atoms with van der Waals surface area (Å²) in [5.41, 5.74) is 5.37. The van der Waals surface area contributed by atoms with E-state index < -0.39 is 0 Å². The lowest BCUT2D eigenvalue weighted by atomic mass is 10.0. The van der Waals surface area contributed by atoms with Crippen molar-refractivity contribution in [3.05, 3.63) is 61.2 Å². The summed E-state index contributed by atoms with van der Waals surface area (Å²) < 4.78 is 7.19. The zero-order chi connectivity index (χ0) is 19.1. The Hall–Kier alpha value is -3.25. The number of aromatic nitrogens is 4. The van der Waals surface area contributed by atoms with Gasteiger partial charge in [-0.15, -0.1) is 0 Å². The van der Waals surface area contributed by atoms with Crippen LogP contribution in [0.1, 0.15) is 0 Å². The van der Waals surface area contributed by atoms with Crippen LogP contribution < -0.4 is 4.90 Å². The molecule has 1 aliphatic rings. The predicted octanol–water partition coefficient (Wildman–Crippen LogP) is 3.53. The Morgan fingerprint density at radius 1 is 0.929 bits per heavy atom. The third kappa shape index (κ3) is 2.92. The third-order valence-electron chi connectivity index (χ3n) is 5.32. The number of ether oxygens (including phenoxy) is 1. The smallest absolute Gasteiger partial charge is 0.129 e. The van der Waals surface area contributed by atoms with E-state index in [4.69, 9.17) is 9.72 Å². The standard InChI is InChI=1S/C22H21N5O/c1-26-12-18(10-24-26)15-3-5-16(6-4-15)20-11-23-9-17-7-8-21(25-22(17)20)27-13-19(14-27)28-2/h3-12,19H,13-14H2,1-2H3. The van der Waals surface area contributed by atoms with Gasteiger partial charge in [0.15, 0.2) is 0 Å². The van der Waals surface area contributed by atoms with E-state index in [1.54, 1.807) is 7.11 Å². The molecule has 0 amide bonds. The Bertz CT molecular complexity index is 1130. The van der Waals surface area contributed by atoms with Crippen LogP contribution in [0.2, 0.25) is 0 Å². The van der Waals surface area contributed by atoms with Crippen molar-refractivity contribution in [2.45, 2.75) is 6.10 Å². The highest BCUT2D eigenvalue weighted by Crippen LogP contribution is 2.31. The van der Waals surface area contributed by atoms with E-state index in [-0.39, 0.29) is 0 Å². The summed E-state index contributed by atoms with van der Waals surface area (Å²) in [4.78, 5) is 11.6. The monoisotopic (exact) mass is 371 g/mol. The summed E-state index contributed by atoms with van der Waals surface area (Å²) in [5.74, 6) is 0.986. The van der Waals surface area contributed by atoms with E-state index in [9.17, 15) is 0 Å². The molecule has 0 bridgehead atoms. The van der Waals surface area contributed by atoms with Crippen molar-refractivity contribution in [1.29, 1.82) is 0 Å². The van der Waals surface area contributed by atoms with Gasteiger partial charge in [0, 0.05) is 62.4 Å². The van der Waals surface area contributed by atoms with Gasteiger partial charge in [-0.3, -0.25) is 9.67 Å². The molecule has 4 aromatic rings. The van der Waals surface area contributed by atoms with Crippen molar-refractivity contribution in [2.24, 2.45) is 7.05 Å². The molecule has 0 unspecified atom stereocenters. The van der Waals surface area contributed by atoms with Gasteiger partial charge in [0.2, 0.25) is 0 Å². The highest BCUT2D eigenvalue weighted by molar-refractivity contribution is 5.93. The van der Waals surface area contributed by atoms with E-state index in [1.807, 2.05) is 36.5 Å². The third-order valence-corrected chi connectivity index (χ3v) is 5.32. The molecule has 0 radical (unpaired) electrons. The maximum atomic E-state index is 5.38. The highest BCUT2D eigenvalue weighted by Gasteiger charge is 2.27. The van der Waals surface area contributed by atoms with Crippen LogP contribution in [0.25, 0.3) is 33.2 Å². The first-order valence-corrected chi connectivity index (χ1v) is 9.33. The lowest BCUT2D eigenvalue weighted by Crippen LogP contribution is -2.52. The molecule has 1 fully saturated rings. The van der Waals surface area contributed by atoms with Crippen LogP contribution in [0.5, 0.6) is 0 Å². The van der Waals surface area contributed by atoms with Crippen LogP contribution in [0.4, 0.5) is 5.82 Å². The Labute approximate surface area is 163 Å². The average Bonchev–Trinajstić information content (AvgIpc) is 3.13. The predicted molar refractivity (Wildman–Crippen MR) is 110 cm³/mol. The van der Waals surface area contributed by atoms with Crippen molar-refractivity contribution in [1.82, 2.24) is 19.7 Å². The van der Waals surface area contributed by atoms with Crippen molar-refractivity contribution >= 4 is 16.7 Å². The molecule has 6 nitrogen and oxygen atoms in total. The van der Waals surface area contributed by atoms with Gasteiger partial charge in [-0.2, -0.15) is 5.10 Å². The van der Waals surface area contributed by atoms with Gasteiger partial charge in [-0.25, -0.2) is 4.98 Å². The molecule has 0 aliphatic carbocycles. The first-order valence-electron chi connectivity index (χ1n) is 9.33. The molecule has 0 atom stereocenters. The van der Waals surface area contributed by atoms with Crippen LogP contribution >= 0.6 is 0 Å². The number of pyridine rings is 2. The Kier molecular flexibility index (Phi) is 4.06. The topological polar surface area (TPSA) is 56.1 Å². The summed E-state index contributed by atoms with van der Waals surface area (Å²) in [7, 11) is 3.69. The fraction of sp³-hybridized carbons (Fsp3) is 0.227. The Balaban J connectivity index is 1.51. The maximum Gasteiger partial charge on any atom is 0.129 e. The number of hydrogen-bond donors (Lipinski definition) is 0. The van der Waals surface area contributed by atoms with Crippen molar-refractivity contribution in [3.8, 4) is 22.3 Å². The van der Waals surface area contributed by atoms with Gasteiger partial charge in [-0.05, 0) is 23.3 Å². The molecular weight excluding hydrogens is 350 g/mol. The molecule has 3 aromatic heterocycles. The molecular formula is C22H21N5O. The number of anilines is 1. The number of fused-ring (bicyclic) bond motifs is 1. The minimum Gasteiger partial charge on any atom is -0.378 e. The van der Waals surface area contributed by atoms with Gasteiger partial charge in [0.05, 0.1) is 17.8 Å². The van der Waals surface area contributed by atoms with E-state index in [2.05, 4.69) is 51.4 Å². The van der Waals surface area contributed by atoms with E-state index in [0.717, 1.165) is 52.1 Å². The van der Waals surface area contributed by atoms with E-state index in [1.165, 1.54) is 0 Å². The zero-order valence-electron chi connectivity index (χ0n) is 15.9. The van der Waals surface area contributed by atoms with Crippen molar-refractivity contribution in [3.63, 3.8) is 0 Å². The first kappa shape index (κ1) is 16.9. The second-order valence-electron chi connectivity index (χ2n) is 7.17. The largest absolute Gasteiger partial charge is 0.378 e. The average molecular weight is 371 g/mol. The van der Waals surface area contributed by atoms with Crippen LogP contribution in [-0.2, 0) is 11.8 Å². The molecule has 4 heterocycles. The van der Waals surface area contributed by atoms with Crippen molar-refractivity contribution < 1.29 is 4.74 Å². The molecule has 0 saturated carbocycles. The van der Waals surface area contributed by atoms with Gasteiger partial charge in [-0.1, -0.05) is 24.3 Å². The number of benzene rings is 1. The fourth-order valence-electron chi connectivity index (χ4n) is 3.61. The van der Waals surface area contributed by atoms with E-state index in [0.29, 0.717) is 6.10 Å². The second-order valence-corrected chi connectivity index (χ2v) is 7.17. The van der Waals surface area contributed by atoms with Gasteiger partial charge in [0.25, 0.3) is 0 Å². The summed E-state index contributed by atoms with van der Waals surface area (Å²) >= 11 is 0. The molecule has 0 spiro atoms. The number of aryl methyl sites for hydroxylation is 1. The normalized spacial score (nSPS) is 14.4. The lowest BCUT2D eigenvalue weighted by Gasteiger charge is -2.39. The quantitative estimate of drug-likeness (QED) is 0.549. The Morgan fingerprint density at radius 2 is 1.71 bits per heavy atom. The molecule has 0 N–H and O–H groups in total. The number of methoxy groups -OCH3 is 1. The van der Waals surface area contributed by atoms with Gasteiger partial charge >= 0.3 is 0 Å². The minimum absolute atomic E-state index is 0.300. The second kappa shape index (κ2) is 6.73. The maximum absolute atomic E-state index is 5.38. The summed E-state index contributed by atoms with van der Waals surface area (Å²) in [6, 6.07) is 12.6. The van der Waals surface area contributed by atoms with Gasteiger partial charge < -0.3 is 9.64 Å². The molecule has 28 heavy (non-hydrogen) atoms. The molecule has 1 aromatic carbocycles. The molecule has 1 saturated heterocycles. The summed E-state index contributed by atoms with van der Waals surface area (Å²) in [6.45, 7) is 1.77. The van der Waals surface area contributed by atoms with Crippen molar-refractivity contribution in [2.75, 3.05) is 25.1 Å². The van der Waals surface area contributed by atoms with Crippen LogP contribution in [0.3, 0.4) is 0 Å². The van der Waals surface area contributed by atoms with Gasteiger partial charge in [0.1, 0.15) is 5.82 Å². The summed E-state index contributed by atoms with van der Waals surface area (Å²) in [5, 5.41) is 5.29. The lowest BCUT2D eigenvalue weighted by molar-refractivity contribution is 0.0783. The molecule has 6 heteroatoms. The number of nitrogens with zero attached hydrogens (tertiary/aromatic N) is 5. The summed E-state index contributed by atoms with van der Waals surface area (Å²) in [6.07, 6.45) is 7.96.